The lowest BCUT2D eigenvalue weighted by Crippen LogP contribution is -2.56. The van der Waals surface area contributed by atoms with Crippen molar-refractivity contribution < 1.29 is 29.0 Å². The van der Waals surface area contributed by atoms with E-state index in [-0.39, 0.29) is 30.7 Å². The SMILES string of the molecule is COC(=O)[C@@H]1[C@H](O)CCN1C(=O)[C@@H]1CCCN1C(=O)[C@@H]1CCCN1C(=O)[C@H](C)Cl. The minimum absolute atomic E-state index is 0.232. The van der Waals surface area contributed by atoms with Crippen molar-refractivity contribution in [2.75, 3.05) is 26.7 Å². The van der Waals surface area contributed by atoms with Crippen LogP contribution in [0.3, 0.4) is 0 Å². The van der Waals surface area contributed by atoms with Crippen molar-refractivity contribution in [2.45, 2.75) is 68.6 Å². The minimum Gasteiger partial charge on any atom is -0.467 e. The number of aliphatic hydroxyl groups excluding tert-OH is 1. The molecule has 5 atom stereocenters. The first-order chi connectivity index (χ1) is 13.8. The lowest BCUT2D eigenvalue weighted by Gasteiger charge is -2.34. The summed E-state index contributed by atoms with van der Waals surface area (Å²) >= 11 is 5.93. The molecule has 0 aliphatic carbocycles. The molecule has 0 aromatic rings. The molecule has 3 saturated heterocycles. The highest BCUT2D eigenvalue weighted by Gasteiger charge is 2.48. The molecule has 0 aromatic heterocycles. The fourth-order valence-electron chi connectivity index (χ4n) is 4.61. The van der Waals surface area contributed by atoms with Gasteiger partial charge in [-0.25, -0.2) is 4.79 Å². The molecule has 3 rings (SSSR count). The van der Waals surface area contributed by atoms with E-state index in [1.807, 2.05) is 0 Å². The molecule has 29 heavy (non-hydrogen) atoms. The summed E-state index contributed by atoms with van der Waals surface area (Å²) in [5.41, 5.74) is 0. The zero-order chi connectivity index (χ0) is 21.3. The van der Waals surface area contributed by atoms with E-state index in [2.05, 4.69) is 0 Å². The van der Waals surface area contributed by atoms with Crippen LogP contribution in [0.5, 0.6) is 0 Å². The number of hydrogen-bond acceptors (Lipinski definition) is 6. The number of hydrogen-bond donors (Lipinski definition) is 1. The summed E-state index contributed by atoms with van der Waals surface area (Å²) in [7, 11) is 1.21. The van der Waals surface area contributed by atoms with Gasteiger partial charge < -0.3 is 24.5 Å². The molecular weight excluding hydrogens is 402 g/mol. The molecular formula is C19H28ClN3O6. The molecule has 3 aliphatic rings. The summed E-state index contributed by atoms with van der Waals surface area (Å²) in [5.74, 6) is -1.55. The summed E-state index contributed by atoms with van der Waals surface area (Å²) in [4.78, 5) is 55.2. The van der Waals surface area contributed by atoms with Gasteiger partial charge in [0, 0.05) is 19.6 Å². The number of esters is 1. The van der Waals surface area contributed by atoms with Crippen LogP contribution in [0.25, 0.3) is 0 Å². The Morgan fingerprint density at radius 2 is 1.48 bits per heavy atom. The molecule has 0 radical (unpaired) electrons. The predicted octanol–water partition coefficient (Wildman–Crippen LogP) is -0.269. The third kappa shape index (κ3) is 4.07. The van der Waals surface area contributed by atoms with Gasteiger partial charge in [-0.05, 0) is 39.0 Å². The second kappa shape index (κ2) is 8.87. The number of nitrogens with zero attached hydrogens (tertiary/aromatic N) is 3. The number of aliphatic hydroxyl groups is 1. The number of rotatable bonds is 4. The highest BCUT2D eigenvalue weighted by molar-refractivity contribution is 6.30. The Labute approximate surface area is 174 Å². The second-order valence-corrected chi connectivity index (χ2v) is 8.51. The molecule has 0 saturated carbocycles. The van der Waals surface area contributed by atoms with Gasteiger partial charge in [0.25, 0.3) is 0 Å². The van der Waals surface area contributed by atoms with Gasteiger partial charge in [-0.1, -0.05) is 0 Å². The van der Waals surface area contributed by atoms with E-state index in [0.29, 0.717) is 38.8 Å². The third-order valence-electron chi connectivity index (χ3n) is 6.07. The molecule has 0 bridgehead atoms. The van der Waals surface area contributed by atoms with Crippen LogP contribution in [0.2, 0.25) is 0 Å². The second-order valence-electron chi connectivity index (χ2n) is 7.85. The van der Waals surface area contributed by atoms with E-state index >= 15 is 0 Å². The summed E-state index contributed by atoms with van der Waals surface area (Å²) in [6.45, 7) is 2.71. The molecule has 0 unspecified atom stereocenters. The van der Waals surface area contributed by atoms with E-state index in [9.17, 15) is 24.3 Å². The quantitative estimate of drug-likeness (QED) is 0.487. The molecule has 3 heterocycles. The van der Waals surface area contributed by atoms with E-state index in [0.717, 1.165) is 0 Å². The smallest absolute Gasteiger partial charge is 0.331 e. The molecule has 0 spiro atoms. The first-order valence-electron chi connectivity index (χ1n) is 10.1. The zero-order valence-corrected chi connectivity index (χ0v) is 17.5. The van der Waals surface area contributed by atoms with E-state index < -0.39 is 35.6 Å². The summed E-state index contributed by atoms with van der Waals surface area (Å²) in [5, 5.41) is 9.40. The number of methoxy groups -OCH3 is 1. The van der Waals surface area contributed by atoms with Crippen molar-refractivity contribution in [3.63, 3.8) is 0 Å². The van der Waals surface area contributed by atoms with Crippen LogP contribution < -0.4 is 0 Å². The van der Waals surface area contributed by atoms with Crippen LogP contribution in [0.1, 0.15) is 39.0 Å². The predicted molar refractivity (Wildman–Crippen MR) is 103 cm³/mol. The maximum atomic E-state index is 13.2. The average Bonchev–Trinajstić information content (AvgIpc) is 3.44. The van der Waals surface area contributed by atoms with Crippen molar-refractivity contribution in [2.24, 2.45) is 0 Å². The van der Waals surface area contributed by atoms with Crippen LogP contribution in [0.15, 0.2) is 0 Å². The van der Waals surface area contributed by atoms with Gasteiger partial charge in [-0.2, -0.15) is 0 Å². The molecule has 9 nitrogen and oxygen atoms in total. The number of carbonyl (C=O) groups excluding carboxylic acids is 4. The number of halogens is 1. The zero-order valence-electron chi connectivity index (χ0n) is 16.8. The molecule has 3 aliphatic heterocycles. The summed E-state index contributed by atoms with van der Waals surface area (Å²) in [6, 6.07) is -2.37. The van der Waals surface area contributed by atoms with E-state index in [1.165, 1.54) is 21.8 Å². The third-order valence-corrected chi connectivity index (χ3v) is 6.26. The lowest BCUT2D eigenvalue weighted by atomic mass is 10.1. The number of carbonyl (C=O) groups is 4. The largest absolute Gasteiger partial charge is 0.467 e. The van der Waals surface area contributed by atoms with Crippen molar-refractivity contribution in [3.8, 4) is 0 Å². The Kier molecular flexibility index (Phi) is 6.68. The molecule has 1 N–H and O–H groups in total. The Bertz CT molecular complexity index is 687. The number of likely N-dealkylation sites (tertiary alicyclic amines) is 3. The Morgan fingerprint density at radius 3 is 2.07 bits per heavy atom. The fourth-order valence-corrected chi connectivity index (χ4v) is 4.74. The highest BCUT2D eigenvalue weighted by Crippen LogP contribution is 2.29. The van der Waals surface area contributed by atoms with Crippen LogP contribution in [-0.2, 0) is 23.9 Å². The van der Waals surface area contributed by atoms with Crippen LogP contribution >= 0.6 is 11.6 Å². The van der Waals surface area contributed by atoms with Crippen LogP contribution in [0, 0.1) is 0 Å². The minimum atomic E-state index is -1.05. The maximum Gasteiger partial charge on any atom is 0.331 e. The fraction of sp³-hybridized carbons (Fsp3) is 0.789. The number of ether oxygens (including phenoxy) is 1. The first-order valence-corrected chi connectivity index (χ1v) is 10.5. The molecule has 162 valence electrons. The molecule has 0 aromatic carbocycles. The number of amides is 3. The van der Waals surface area contributed by atoms with Gasteiger partial charge in [0.05, 0.1) is 13.2 Å². The molecule has 10 heteroatoms. The van der Waals surface area contributed by atoms with Gasteiger partial charge >= 0.3 is 5.97 Å². The van der Waals surface area contributed by atoms with Gasteiger partial charge in [-0.3, -0.25) is 14.4 Å². The normalized spacial score (nSPS) is 30.6. The monoisotopic (exact) mass is 429 g/mol. The van der Waals surface area contributed by atoms with Crippen LogP contribution in [-0.4, -0.2) is 99.8 Å². The summed E-state index contributed by atoms with van der Waals surface area (Å²) < 4.78 is 4.74. The highest BCUT2D eigenvalue weighted by atomic mass is 35.5. The van der Waals surface area contributed by atoms with Crippen molar-refractivity contribution in [3.05, 3.63) is 0 Å². The van der Waals surface area contributed by atoms with Gasteiger partial charge in [-0.15, -0.1) is 11.6 Å². The van der Waals surface area contributed by atoms with E-state index in [1.54, 1.807) is 6.92 Å². The Morgan fingerprint density at radius 1 is 0.931 bits per heavy atom. The lowest BCUT2D eigenvalue weighted by molar-refractivity contribution is -0.157. The summed E-state index contributed by atoms with van der Waals surface area (Å²) in [6.07, 6.45) is 1.70. The van der Waals surface area contributed by atoms with Crippen molar-refractivity contribution in [1.82, 2.24) is 14.7 Å². The first kappa shape index (κ1) is 21.8. The van der Waals surface area contributed by atoms with Crippen molar-refractivity contribution in [1.29, 1.82) is 0 Å². The topological polar surface area (TPSA) is 107 Å². The Balaban J connectivity index is 1.75. The van der Waals surface area contributed by atoms with Gasteiger partial charge in [0.2, 0.25) is 17.7 Å². The van der Waals surface area contributed by atoms with Gasteiger partial charge in [0.15, 0.2) is 6.04 Å². The molecule has 3 amide bonds. The van der Waals surface area contributed by atoms with Crippen molar-refractivity contribution >= 4 is 35.3 Å². The van der Waals surface area contributed by atoms with Crippen LogP contribution in [0.4, 0.5) is 0 Å². The Hall–Kier alpha value is -1.87. The van der Waals surface area contributed by atoms with E-state index in [4.69, 9.17) is 16.3 Å². The average molecular weight is 430 g/mol. The molecule has 3 fully saturated rings. The standard InChI is InChI=1S/C19H28ClN3O6/c1-11(20)16(25)21-8-3-5-12(21)17(26)22-9-4-6-13(22)18(27)23-10-7-14(24)15(23)19(28)29-2/h11-15,24H,3-10H2,1-2H3/t11-,12-,13-,14+,15-/m0/s1. The van der Waals surface area contributed by atoms with Gasteiger partial charge in [0.1, 0.15) is 17.5 Å². The number of alkyl halides is 1. The maximum absolute atomic E-state index is 13.2.